The van der Waals surface area contributed by atoms with E-state index in [1.807, 2.05) is 0 Å². The number of fused-ring (bicyclic) bond motifs is 2. The van der Waals surface area contributed by atoms with E-state index >= 15 is 0 Å². The maximum absolute atomic E-state index is 14.7. The Labute approximate surface area is 401 Å². The maximum Gasteiger partial charge on any atom is 0.427 e. The summed E-state index contributed by atoms with van der Waals surface area (Å²) in [6.45, 7) is 0.124. The number of ether oxygens (including phenoxy) is 2. The number of hydrogen-bond donors (Lipinski definition) is 1. The van der Waals surface area contributed by atoms with Crippen LogP contribution in [-0.4, -0.2) is 50.6 Å². The molecule has 2 aliphatic carbocycles. The summed E-state index contributed by atoms with van der Waals surface area (Å²) in [7, 11) is 4.20. The number of methoxy groups -OCH3 is 2. The molecule has 18 heteroatoms. The van der Waals surface area contributed by atoms with Crippen LogP contribution in [0.2, 0.25) is 10.0 Å². The van der Waals surface area contributed by atoms with Crippen molar-refractivity contribution in [2.24, 2.45) is 11.8 Å². The van der Waals surface area contributed by atoms with Gasteiger partial charge in [0.2, 0.25) is 11.1 Å². The Balaban J connectivity index is 0.000000237. The van der Waals surface area contributed by atoms with Crippen LogP contribution in [0.15, 0.2) is 81.7 Å². The second kappa shape index (κ2) is 19.6. The molecule has 8 nitrogen and oxygen atoms in total. The first-order valence-electron chi connectivity index (χ1n) is 19.3. The molecule has 2 saturated carbocycles. The fraction of sp³-hybridized carbons (Fsp3) is 0.362. The van der Waals surface area contributed by atoms with Crippen molar-refractivity contribution in [1.29, 1.82) is 0 Å². The number of anilines is 2. The Morgan fingerprint density at radius 1 is 0.692 bits per heavy atom. The highest BCUT2D eigenvalue weighted by molar-refractivity contribution is 9.10. The number of benzene rings is 4. The summed E-state index contributed by atoms with van der Waals surface area (Å²) in [6.07, 6.45) is -6.65. The van der Waals surface area contributed by atoms with Gasteiger partial charge in [0.25, 0.3) is 0 Å². The molecule has 0 spiro atoms. The van der Waals surface area contributed by atoms with Gasteiger partial charge in [-0.1, -0.05) is 86.0 Å². The monoisotopic (exact) mass is 1070 g/mol. The number of amides is 4. The van der Waals surface area contributed by atoms with Gasteiger partial charge < -0.3 is 14.8 Å². The fourth-order valence-electron chi connectivity index (χ4n) is 7.09. The fourth-order valence-corrected chi connectivity index (χ4v) is 8.08. The van der Waals surface area contributed by atoms with Crippen molar-refractivity contribution in [3.63, 3.8) is 0 Å². The minimum atomic E-state index is -4.84. The van der Waals surface area contributed by atoms with Crippen LogP contribution in [0.25, 0.3) is 0 Å². The standard InChI is InChI=1S/C23H19BrClF3N2O2.C22H17BrClF3N2O2.2CH4/c1-29-21(31)30(13-15-5-7-16(32-2)8-6-15)20-12-18(24)19(25)11-17(20)22(29,23(26,27)28)10-9-14-3-4-14;1-31-15-6-4-14(5-7-15)12-29-19-11-17(23)18(24)10-16(19)21(22(25,26)27,28-20(29)30)9-8-13-2-3-13;;/h5-8,11-12,14H,3-4,13H2,1-2H3;4-7,10-11,13H,2-3,12H2,1H3,(H,28,30);2*1H4. The van der Waals surface area contributed by atoms with Gasteiger partial charge in [0.05, 0.1) is 48.7 Å². The van der Waals surface area contributed by atoms with Gasteiger partial charge in [-0.25, -0.2) is 9.59 Å². The van der Waals surface area contributed by atoms with E-state index in [0.717, 1.165) is 43.9 Å². The average molecular weight is 1070 g/mol. The van der Waals surface area contributed by atoms with Crippen molar-refractivity contribution in [2.45, 2.75) is 77.1 Å². The predicted molar refractivity (Wildman–Crippen MR) is 248 cm³/mol. The molecule has 8 rings (SSSR count). The molecule has 2 unspecified atom stereocenters. The van der Waals surface area contributed by atoms with E-state index in [0.29, 0.717) is 25.3 Å². The quantitative estimate of drug-likeness (QED) is 0.154. The summed E-state index contributed by atoms with van der Waals surface area (Å²) < 4.78 is 98.2. The van der Waals surface area contributed by atoms with Gasteiger partial charge in [0.1, 0.15) is 11.5 Å². The Kier molecular flexibility index (Phi) is 15.5. The van der Waals surface area contributed by atoms with E-state index < -0.39 is 35.5 Å². The van der Waals surface area contributed by atoms with Crippen molar-refractivity contribution in [3.8, 4) is 35.2 Å². The molecule has 1 N–H and O–H groups in total. The highest BCUT2D eigenvalue weighted by Gasteiger charge is 2.64. The topological polar surface area (TPSA) is 74.4 Å². The summed E-state index contributed by atoms with van der Waals surface area (Å²) >= 11 is 18.9. The summed E-state index contributed by atoms with van der Waals surface area (Å²) in [5, 5.41) is 2.35. The Hall–Kier alpha value is -4.74. The van der Waals surface area contributed by atoms with Gasteiger partial charge in [-0.15, -0.1) is 0 Å². The van der Waals surface area contributed by atoms with Gasteiger partial charge in [-0.2, -0.15) is 26.3 Å². The summed E-state index contributed by atoms with van der Waals surface area (Å²) in [5.74, 6) is 11.3. The van der Waals surface area contributed by atoms with E-state index in [1.165, 1.54) is 48.3 Å². The smallest absolute Gasteiger partial charge is 0.427 e. The molecule has 4 aromatic rings. The lowest BCUT2D eigenvalue weighted by molar-refractivity contribution is -0.204. The van der Waals surface area contributed by atoms with Crippen LogP contribution < -0.4 is 24.6 Å². The van der Waals surface area contributed by atoms with Crippen LogP contribution in [0.5, 0.6) is 11.5 Å². The third kappa shape index (κ3) is 10.2. The molecule has 346 valence electrons. The SMILES string of the molecule is C.C.COc1ccc(CN2C(=O)N(C)C(C#CC3CC3)(C(F)(F)F)c3cc(Cl)c(Br)cc32)cc1.COc1ccc(CN2C(=O)NC(C#CC3CC3)(C(F)(F)F)c3cc(Cl)c(Br)cc32)cc1. The molecule has 4 aliphatic rings. The van der Waals surface area contributed by atoms with Crippen LogP contribution in [0.3, 0.4) is 0 Å². The minimum Gasteiger partial charge on any atom is -0.497 e. The van der Waals surface area contributed by atoms with Crippen molar-refractivity contribution in [3.05, 3.63) is 114 Å². The third-order valence-electron chi connectivity index (χ3n) is 10.9. The number of alkyl halides is 6. The van der Waals surface area contributed by atoms with E-state index in [1.54, 1.807) is 48.5 Å². The minimum absolute atomic E-state index is 0. The molecule has 2 heterocycles. The van der Waals surface area contributed by atoms with E-state index in [9.17, 15) is 35.9 Å². The molecule has 0 radical (unpaired) electrons. The summed E-state index contributed by atoms with van der Waals surface area (Å²) in [6, 6.07) is 17.6. The number of nitrogens with zero attached hydrogens (tertiary/aromatic N) is 3. The summed E-state index contributed by atoms with van der Waals surface area (Å²) in [5.41, 5.74) is -4.33. The normalized spacial score (nSPS) is 19.9. The van der Waals surface area contributed by atoms with Gasteiger partial charge in [-0.05, 0) is 117 Å². The van der Waals surface area contributed by atoms with Gasteiger partial charge in [-0.3, -0.25) is 14.7 Å². The van der Waals surface area contributed by atoms with Crippen molar-refractivity contribution in [2.75, 3.05) is 31.1 Å². The number of urea groups is 2. The molecule has 4 amide bonds. The average Bonchev–Trinajstić information content (AvgIpc) is 4.18. The van der Waals surface area contributed by atoms with Crippen LogP contribution in [-0.2, 0) is 24.2 Å². The molecule has 65 heavy (non-hydrogen) atoms. The highest BCUT2D eigenvalue weighted by atomic mass is 79.9. The number of rotatable bonds is 6. The largest absolute Gasteiger partial charge is 0.497 e. The highest BCUT2D eigenvalue weighted by Crippen LogP contribution is 2.53. The molecule has 4 aromatic carbocycles. The van der Waals surface area contributed by atoms with Gasteiger partial charge >= 0.3 is 24.4 Å². The number of carbonyl (C=O) groups is 2. The van der Waals surface area contributed by atoms with E-state index in [2.05, 4.69) is 60.9 Å². The molecule has 2 fully saturated rings. The lowest BCUT2D eigenvalue weighted by Crippen LogP contribution is -2.62. The number of hydrogen-bond acceptors (Lipinski definition) is 4. The molecule has 2 atom stereocenters. The van der Waals surface area contributed by atoms with Crippen LogP contribution in [0.1, 0.15) is 62.8 Å². The van der Waals surface area contributed by atoms with Gasteiger partial charge in [0, 0.05) is 39.0 Å². The van der Waals surface area contributed by atoms with Crippen molar-refractivity contribution >= 4 is 78.5 Å². The molecule has 0 bridgehead atoms. The zero-order valence-electron chi connectivity index (χ0n) is 33.6. The first-order chi connectivity index (χ1) is 29.7. The summed E-state index contributed by atoms with van der Waals surface area (Å²) in [4.78, 5) is 29.6. The lowest BCUT2D eigenvalue weighted by atomic mass is 9.84. The number of carbonyl (C=O) groups excluding carboxylic acids is 2. The first-order valence-corrected chi connectivity index (χ1v) is 21.7. The van der Waals surface area contributed by atoms with Crippen molar-refractivity contribution < 1.29 is 45.4 Å². The van der Waals surface area contributed by atoms with Crippen LogP contribution in [0, 0.1) is 35.5 Å². The third-order valence-corrected chi connectivity index (χ3v) is 13.3. The van der Waals surface area contributed by atoms with E-state index in [4.69, 9.17) is 32.7 Å². The molecular weight excluding hydrogens is 1030 g/mol. The van der Waals surface area contributed by atoms with Crippen LogP contribution >= 0.6 is 55.1 Å². The Bertz CT molecular complexity index is 2570. The van der Waals surface area contributed by atoms with Crippen molar-refractivity contribution in [1.82, 2.24) is 10.2 Å². The number of halogens is 10. The molecular formula is C47H44Br2Cl2F6N4O4. The first kappa shape index (κ1) is 51.2. The van der Waals surface area contributed by atoms with E-state index in [-0.39, 0.29) is 72.3 Å². The zero-order chi connectivity index (χ0) is 45.6. The Morgan fingerprint density at radius 2 is 1.12 bits per heavy atom. The maximum atomic E-state index is 14.7. The number of nitrogens with one attached hydrogen (secondary N) is 1. The predicted octanol–water partition coefficient (Wildman–Crippen LogP) is 13.6. The molecule has 0 aromatic heterocycles. The van der Waals surface area contributed by atoms with Crippen LogP contribution in [0.4, 0.5) is 47.3 Å². The molecule has 2 aliphatic heterocycles. The second-order valence-electron chi connectivity index (χ2n) is 15.3. The van der Waals surface area contributed by atoms with Gasteiger partial charge in [0.15, 0.2) is 0 Å². The zero-order valence-corrected chi connectivity index (χ0v) is 38.3. The molecule has 0 saturated heterocycles. The lowest BCUT2D eigenvalue weighted by Gasteiger charge is -2.47. The second-order valence-corrected chi connectivity index (χ2v) is 17.8. The Morgan fingerprint density at radius 3 is 1.55 bits per heavy atom.